The number of unbranched alkanes of at least 4 members (excludes halogenated alkanes) is 4. The van der Waals surface area contributed by atoms with Crippen molar-refractivity contribution in [2.45, 2.75) is 82.5 Å². The summed E-state index contributed by atoms with van der Waals surface area (Å²) in [5.41, 5.74) is 4.95. The Morgan fingerprint density at radius 3 is 2.30 bits per heavy atom. The monoisotopic (exact) mass is 773 g/mol. The maximum Gasteiger partial charge on any atom is 0.262 e. The molecular formula is C44H47N5O8. The number of benzene rings is 2. The number of imide groups is 2. The highest BCUT2D eigenvalue weighted by molar-refractivity contribution is 6.23. The van der Waals surface area contributed by atoms with Crippen LogP contribution in [0.5, 0.6) is 11.6 Å². The fourth-order valence-electron chi connectivity index (χ4n) is 7.83. The average molecular weight is 774 g/mol. The van der Waals surface area contributed by atoms with Gasteiger partial charge in [-0.1, -0.05) is 12.1 Å². The van der Waals surface area contributed by atoms with Crippen LogP contribution in [0.3, 0.4) is 0 Å². The SMILES string of the molecule is Cn1c2ccncc2c2ccc(-c3ccc(OCCCCCOCCCCCO[C@H]4C[C@H](Oc5ccc6c(c5)C(=O)N(C5CCC(=O)NC5=O)C6=O)C4)nc3)cc21. The Labute approximate surface area is 330 Å². The maximum atomic E-state index is 13.1. The van der Waals surface area contributed by atoms with Crippen LogP contribution in [-0.4, -0.2) is 87.7 Å². The molecule has 0 bridgehead atoms. The lowest BCUT2D eigenvalue weighted by molar-refractivity contribution is -0.136. The van der Waals surface area contributed by atoms with Gasteiger partial charge in [-0.2, -0.15) is 0 Å². The molecule has 0 radical (unpaired) electrons. The minimum atomic E-state index is -0.989. The number of nitrogens with one attached hydrogen (secondary N) is 1. The van der Waals surface area contributed by atoms with Gasteiger partial charge in [-0.3, -0.25) is 34.4 Å². The second kappa shape index (κ2) is 17.2. The molecule has 2 aromatic carbocycles. The van der Waals surface area contributed by atoms with E-state index in [2.05, 4.69) is 51.2 Å². The van der Waals surface area contributed by atoms with E-state index in [-0.39, 0.29) is 36.2 Å². The second-order valence-corrected chi connectivity index (χ2v) is 15.0. The molecule has 1 N–H and O–H groups in total. The van der Waals surface area contributed by atoms with E-state index in [1.165, 1.54) is 16.4 Å². The van der Waals surface area contributed by atoms with Crippen LogP contribution in [-0.2, 0) is 26.1 Å². The van der Waals surface area contributed by atoms with E-state index in [1.807, 2.05) is 30.7 Å². The Morgan fingerprint density at radius 2 is 1.51 bits per heavy atom. The van der Waals surface area contributed by atoms with E-state index in [0.717, 1.165) is 86.0 Å². The van der Waals surface area contributed by atoms with Crippen LogP contribution in [0.15, 0.2) is 73.2 Å². The molecule has 8 rings (SSSR count). The number of fused-ring (bicyclic) bond motifs is 4. The number of carbonyl (C=O) groups is 4. The number of ether oxygens (including phenoxy) is 4. The number of amides is 4. The zero-order chi connectivity index (χ0) is 39.3. The van der Waals surface area contributed by atoms with Gasteiger partial charge in [-0.15, -0.1) is 0 Å². The number of hydrogen-bond acceptors (Lipinski definition) is 10. The molecule has 1 saturated heterocycles. The summed E-state index contributed by atoms with van der Waals surface area (Å²) in [7, 11) is 2.08. The van der Waals surface area contributed by atoms with Crippen molar-refractivity contribution in [3.8, 4) is 22.8 Å². The van der Waals surface area contributed by atoms with E-state index >= 15 is 0 Å². The summed E-state index contributed by atoms with van der Waals surface area (Å²) in [6.45, 7) is 2.81. The average Bonchev–Trinajstić information content (AvgIpc) is 3.63. The fraction of sp³-hybridized carbons (Fsp3) is 0.409. The van der Waals surface area contributed by atoms with Crippen molar-refractivity contribution in [1.82, 2.24) is 24.8 Å². The standard InChI is InChI=1S/C44H47N5O8/c1-48-37-16-17-45-27-36(37)33-11-8-28(22-39(33)48)29-9-15-41(46-26-29)56-21-7-3-5-19-54-18-4-2-6-20-55-31-23-32(24-31)57-30-10-12-34-35(25-30)44(53)49(43(34)52)38-13-14-40(50)47-42(38)51/h8-12,15-17,22,25-27,31-32,38H,2-7,13-14,18-21,23-24H2,1H3,(H,47,50,51)/t31-,32-,38?. The minimum Gasteiger partial charge on any atom is -0.490 e. The highest BCUT2D eigenvalue weighted by Crippen LogP contribution is 2.34. The number of aromatic nitrogens is 3. The summed E-state index contributed by atoms with van der Waals surface area (Å²) in [4.78, 5) is 59.6. The van der Waals surface area contributed by atoms with Crippen molar-refractivity contribution in [1.29, 1.82) is 0 Å². The highest BCUT2D eigenvalue weighted by Gasteiger charge is 2.45. The molecule has 57 heavy (non-hydrogen) atoms. The first kappa shape index (κ1) is 38.2. The smallest absolute Gasteiger partial charge is 0.262 e. The van der Waals surface area contributed by atoms with Crippen LogP contribution in [0.2, 0.25) is 0 Å². The van der Waals surface area contributed by atoms with Crippen LogP contribution in [0, 0.1) is 0 Å². The summed E-state index contributed by atoms with van der Waals surface area (Å²) in [5, 5.41) is 4.56. The molecule has 1 atom stereocenters. The third kappa shape index (κ3) is 8.40. The maximum absolute atomic E-state index is 13.1. The Balaban J connectivity index is 0.639. The summed E-state index contributed by atoms with van der Waals surface area (Å²) < 4.78 is 26.0. The first-order valence-electron chi connectivity index (χ1n) is 20.0. The van der Waals surface area contributed by atoms with Gasteiger partial charge in [0.1, 0.15) is 17.9 Å². The van der Waals surface area contributed by atoms with Crippen LogP contribution >= 0.6 is 0 Å². The molecule has 1 unspecified atom stereocenters. The lowest BCUT2D eigenvalue weighted by Crippen LogP contribution is -2.54. The Hall–Kier alpha value is -5.66. The summed E-state index contributed by atoms with van der Waals surface area (Å²) in [5.74, 6) is -0.963. The van der Waals surface area contributed by atoms with Gasteiger partial charge in [-0.05, 0) is 86.9 Å². The highest BCUT2D eigenvalue weighted by atomic mass is 16.5. The van der Waals surface area contributed by atoms with E-state index in [0.29, 0.717) is 24.8 Å². The zero-order valence-corrected chi connectivity index (χ0v) is 32.1. The molecule has 296 valence electrons. The molecule has 0 spiro atoms. The predicted octanol–water partition coefficient (Wildman–Crippen LogP) is 6.55. The molecule has 5 heterocycles. The molecule has 3 aliphatic rings. The van der Waals surface area contributed by atoms with E-state index < -0.39 is 29.7 Å². The van der Waals surface area contributed by atoms with E-state index in [9.17, 15) is 19.2 Å². The normalized spacial score (nSPS) is 19.2. The number of pyridine rings is 2. The third-order valence-electron chi connectivity index (χ3n) is 11.1. The number of nitrogens with zero attached hydrogens (tertiary/aromatic N) is 4. The van der Waals surface area contributed by atoms with Crippen LogP contribution in [0.4, 0.5) is 0 Å². The van der Waals surface area contributed by atoms with Crippen molar-refractivity contribution < 1.29 is 38.1 Å². The molecule has 1 saturated carbocycles. The number of carbonyl (C=O) groups excluding carboxylic acids is 4. The molecule has 1 aliphatic carbocycles. The van der Waals surface area contributed by atoms with E-state index in [1.54, 1.807) is 18.2 Å². The summed E-state index contributed by atoms with van der Waals surface area (Å²) in [6.07, 6.45) is 13.4. The van der Waals surface area contributed by atoms with Gasteiger partial charge in [0, 0.05) is 92.6 Å². The topological polar surface area (TPSA) is 151 Å². The largest absolute Gasteiger partial charge is 0.490 e. The van der Waals surface area contributed by atoms with Crippen molar-refractivity contribution in [3.63, 3.8) is 0 Å². The molecule has 4 amide bonds. The molecule has 5 aromatic rings. The Bertz CT molecular complexity index is 2280. The van der Waals surface area contributed by atoms with Gasteiger partial charge in [-0.25, -0.2) is 4.98 Å². The quantitative estimate of drug-likeness (QED) is 0.0767. The van der Waals surface area contributed by atoms with Gasteiger partial charge in [0.15, 0.2) is 0 Å². The van der Waals surface area contributed by atoms with Crippen molar-refractivity contribution in [2.24, 2.45) is 7.05 Å². The fourth-order valence-corrected chi connectivity index (χ4v) is 7.83. The van der Waals surface area contributed by atoms with Gasteiger partial charge in [0.05, 0.1) is 29.4 Å². The molecule has 13 heteroatoms. The van der Waals surface area contributed by atoms with Crippen molar-refractivity contribution in [3.05, 3.63) is 84.3 Å². The summed E-state index contributed by atoms with van der Waals surface area (Å²) in [6, 6.07) is 16.3. The summed E-state index contributed by atoms with van der Waals surface area (Å²) >= 11 is 0. The zero-order valence-electron chi connectivity index (χ0n) is 32.1. The van der Waals surface area contributed by atoms with Crippen LogP contribution < -0.4 is 14.8 Å². The number of rotatable bonds is 18. The number of piperidine rings is 1. The third-order valence-corrected chi connectivity index (χ3v) is 11.1. The molecule has 2 aliphatic heterocycles. The predicted molar refractivity (Wildman–Crippen MR) is 212 cm³/mol. The first-order valence-corrected chi connectivity index (χ1v) is 20.0. The van der Waals surface area contributed by atoms with Crippen LogP contribution in [0.1, 0.15) is 84.9 Å². The van der Waals surface area contributed by atoms with Gasteiger partial charge in [0.2, 0.25) is 17.7 Å². The Morgan fingerprint density at radius 1 is 0.737 bits per heavy atom. The minimum absolute atomic E-state index is 0.0308. The number of aryl methyl sites for hydroxylation is 1. The van der Waals surface area contributed by atoms with Crippen LogP contribution in [0.25, 0.3) is 32.9 Å². The van der Waals surface area contributed by atoms with E-state index in [4.69, 9.17) is 18.9 Å². The lowest BCUT2D eigenvalue weighted by Gasteiger charge is -2.35. The second-order valence-electron chi connectivity index (χ2n) is 15.0. The lowest BCUT2D eigenvalue weighted by atomic mass is 9.92. The molecule has 3 aromatic heterocycles. The van der Waals surface area contributed by atoms with Gasteiger partial charge in [0.25, 0.3) is 11.8 Å². The van der Waals surface area contributed by atoms with Crippen molar-refractivity contribution in [2.75, 3.05) is 26.4 Å². The molecular weight excluding hydrogens is 727 g/mol. The van der Waals surface area contributed by atoms with Gasteiger partial charge >= 0.3 is 0 Å². The first-order chi connectivity index (χ1) is 27.8. The molecule has 13 nitrogen and oxygen atoms in total. The Kier molecular flexibility index (Phi) is 11.6. The van der Waals surface area contributed by atoms with Crippen molar-refractivity contribution >= 4 is 45.4 Å². The van der Waals surface area contributed by atoms with Gasteiger partial charge < -0.3 is 23.5 Å². The number of hydrogen-bond donors (Lipinski definition) is 1. The molecule has 2 fully saturated rings.